The number of carbonyl (C=O) groups excluding carboxylic acids is 1. The zero-order valence-electron chi connectivity index (χ0n) is 17.5. The smallest absolute Gasteiger partial charge is 0.406 e. The number of hydrogen-bond donors (Lipinski definition) is 1. The van der Waals surface area contributed by atoms with E-state index in [1.54, 1.807) is 18.2 Å². The molecule has 0 spiro atoms. The summed E-state index contributed by atoms with van der Waals surface area (Å²) in [4.78, 5) is 12.1. The molecule has 1 aromatic heterocycles. The van der Waals surface area contributed by atoms with Gasteiger partial charge >= 0.3 is 6.36 Å². The lowest BCUT2D eigenvalue weighted by Crippen LogP contribution is -2.17. The third-order valence-electron chi connectivity index (χ3n) is 5.41. The molecule has 32 heavy (non-hydrogen) atoms. The first kappa shape index (κ1) is 21.7. The molecule has 0 fully saturated rings. The monoisotopic (exact) mass is 439 g/mol. The molecule has 165 valence electrons. The van der Waals surface area contributed by atoms with Gasteiger partial charge in [-0.05, 0) is 60.4 Å². The first-order valence-corrected chi connectivity index (χ1v) is 10.4. The number of nitrogens with two attached hydrogens (primary N) is 1. The maximum atomic E-state index is 12.7. The Morgan fingerprint density at radius 3 is 2.59 bits per heavy atom. The van der Waals surface area contributed by atoms with Crippen LogP contribution < -0.4 is 10.5 Å². The number of carbonyl (C=O) groups is 1. The number of benzene rings is 3. The van der Waals surface area contributed by atoms with E-state index in [2.05, 4.69) is 23.8 Å². The second-order valence-corrected chi connectivity index (χ2v) is 7.72. The zero-order chi connectivity index (χ0) is 22.9. The fourth-order valence-corrected chi connectivity index (χ4v) is 4.02. The summed E-state index contributed by atoms with van der Waals surface area (Å²) in [5.74, 6) is -0.817. The van der Waals surface area contributed by atoms with Gasteiger partial charge in [0.1, 0.15) is 5.75 Å². The van der Waals surface area contributed by atoms with Crippen LogP contribution >= 0.6 is 0 Å². The third kappa shape index (κ3) is 4.42. The SMILES string of the molecule is CCCCc1c[c]c2c3c(C(N)=O)cccc3n(Cc3cccc(OC(F)(F)F)c3)c2c1. The second kappa shape index (κ2) is 8.57. The van der Waals surface area contributed by atoms with Crippen molar-refractivity contribution in [3.63, 3.8) is 0 Å². The lowest BCUT2D eigenvalue weighted by molar-refractivity contribution is -0.274. The van der Waals surface area contributed by atoms with Crippen molar-refractivity contribution in [2.24, 2.45) is 5.73 Å². The highest BCUT2D eigenvalue weighted by molar-refractivity contribution is 6.17. The van der Waals surface area contributed by atoms with Crippen LogP contribution in [0.25, 0.3) is 21.8 Å². The topological polar surface area (TPSA) is 57.2 Å². The van der Waals surface area contributed by atoms with Crippen molar-refractivity contribution in [1.29, 1.82) is 0 Å². The van der Waals surface area contributed by atoms with Gasteiger partial charge in [0, 0.05) is 22.9 Å². The van der Waals surface area contributed by atoms with Gasteiger partial charge in [-0.1, -0.05) is 37.6 Å². The van der Waals surface area contributed by atoms with Crippen LogP contribution in [-0.4, -0.2) is 16.8 Å². The number of fused-ring (bicyclic) bond motifs is 3. The number of aryl methyl sites for hydroxylation is 1. The summed E-state index contributed by atoms with van der Waals surface area (Å²) in [6, 6.07) is 18.5. The van der Waals surface area contributed by atoms with Crippen LogP contribution in [0.15, 0.2) is 54.6 Å². The number of hydrogen-bond acceptors (Lipinski definition) is 2. The average molecular weight is 439 g/mol. The molecular formula is C25H22F3N2O2. The number of ether oxygens (including phenoxy) is 1. The van der Waals surface area contributed by atoms with E-state index in [0.29, 0.717) is 23.1 Å². The van der Waals surface area contributed by atoms with E-state index in [-0.39, 0.29) is 5.75 Å². The number of primary amides is 1. The Morgan fingerprint density at radius 1 is 1.09 bits per heavy atom. The van der Waals surface area contributed by atoms with E-state index in [0.717, 1.165) is 41.2 Å². The summed E-state index contributed by atoms with van der Waals surface area (Å²) in [6.45, 7) is 2.41. The molecule has 0 bridgehead atoms. The second-order valence-electron chi connectivity index (χ2n) is 7.72. The molecule has 4 rings (SSSR count). The first-order valence-electron chi connectivity index (χ1n) is 10.4. The predicted molar refractivity (Wildman–Crippen MR) is 118 cm³/mol. The number of rotatable bonds is 7. The van der Waals surface area contributed by atoms with Crippen LogP contribution in [-0.2, 0) is 13.0 Å². The summed E-state index contributed by atoms with van der Waals surface area (Å²) in [7, 11) is 0. The van der Waals surface area contributed by atoms with E-state index in [4.69, 9.17) is 5.73 Å². The molecule has 0 aliphatic rings. The van der Waals surface area contributed by atoms with Gasteiger partial charge in [0.05, 0.1) is 11.0 Å². The number of nitrogens with zero attached hydrogens (tertiary/aromatic N) is 1. The van der Waals surface area contributed by atoms with Crippen LogP contribution in [0.4, 0.5) is 13.2 Å². The Hall–Kier alpha value is -3.48. The molecule has 0 aliphatic heterocycles. The molecule has 0 atom stereocenters. The summed E-state index contributed by atoms with van der Waals surface area (Å²) in [6.07, 6.45) is -1.78. The molecule has 1 heterocycles. The number of unbranched alkanes of at least 4 members (excludes halogenated alkanes) is 1. The van der Waals surface area contributed by atoms with Crippen LogP contribution in [0.3, 0.4) is 0 Å². The van der Waals surface area contributed by atoms with Crippen molar-refractivity contribution >= 4 is 27.7 Å². The van der Waals surface area contributed by atoms with Crippen molar-refractivity contribution in [1.82, 2.24) is 4.57 Å². The van der Waals surface area contributed by atoms with Gasteiger partial charge in [-0.2, -0.15) is 0 Å². The maximum absolute atomic E-state index is 12.7. The highest BCUT2D eigenvalue weighted by Gasteiger charge is 2.31. The van der Waals surface area contributed by atoms with E-state index in [9.17, 15) is 18.0 Å². The summed E-state index contributed by atoms with van der Waals surface area (Å²) < 4.78 is 44.0. The molecule has 1 radical (unpaired) electrons. The van der Waals surface area contributed by atoms with Crippen molar-refractivity contribution < 1.29 is 22.7 Å². The fourth-order valence-electron chi connectivity index (χ4n) is 4.02. The predicted octanol–water partition coefficient (Wildman–Crippen LogP) is 5.98. The standard InChI is InChI=1S/C25H22F3N2O2/c1-2-3-6-16-11-12-19-22(14-16)30(21-10-5-9-20(23(19)21)24(29)31)15-17-7-4-8-18(13-17)32-25(26,27)28/h4-5,7-11,13-14H,2-3,6,15H2,1H3,(H2,29,31). The number of amides is 1. The largest absolute Gasteiger partial charge is 0.573 e. The fraction of sp³-hybridized carbons (Fsp3) is 0.240. The van der Waals surface area contributed by atoms with Crippen LogP contribution in [0.5, 0.6) is 5.75 Å². The normalized spacial score (nSPS) is 11.9. The lowest BCUT2D eigenvalue weighted by atomic mass is 10.0. The van der Waals surface area contributed by atoms with E-state index in [1.165, 1.54) is 18.2 Å². The summed E-state index contributed by atoms with van der Waals surface area (Å²) in [5, 5.41) is 1.46. The van der Waals surface area contributed by atoms with Gasteiger partial charge in [-0.25, -0.2) is 0 Å². The Kier molecular flexibility index (Phi) is 5.82. The minimum absolute atomic E-state index is 0.274. The van der Waals surface area contributed by atoms with Gasteiger partial charge in [-0.3, -0.25) is 4.79 Å². The third-order valence-corrected chi connectivity index (χ3v) is 5.41. The Labute approximate surface area is 183 Å². The zero-order valence-corrected chi connectivity index (χ0v) is 17.5. The highest BCUT2D eigenvalue weighted by Crippen LogP contribution is 2.33. The van der Waals surface area contributed by atoms with Crippen molar-refractivity contribution in [2.45, 2.75) is 39.1 Å². The summed E-state index contributed by atoms with van der Waals surface area (Å²) >= 11 is 0. The van der Waals surface area contributed by atoms with E-state index < -0.39 is 12.3 Å². The van der Waals surface area contributed by atoms with Crippen molar-refractivity contribution in [2.75, 3.05) is 0 Å². The Balaban J connectivity index is 1.87. The molecule has 0 saturated carbocycles. The molecule has 4 aromatic rings. The van der Waals surface area contributed by atoms with E-state index in [1.807, 2.05) is 16.7 Å². The average Bonchev–Trinajstić information content (AvgIpc) is 3.04. The van der Waals surface area contributed by atoms with Gasteiger partial charge in [0.25, 0.3) is 0 Å². The number of alkyl halides is 3. The minimum atomic E-state index is -4.76. The van der Waals surface area contributed by atoms with Crippen molar-refractivity contribution in [3.05, 3.63) is 77.4 Å². The van der Waals surface area contributed by atoms with E-state index >= 15 is 0 Å². The molecule has 0 aliphatic carbocycles. The quantitative estimate of drug-likeness (QED) is 0.385. The minimum Gasteiger partial charge on any atom is -0.406 e. The molecule has 4 nitrogen and oxygen atoms in total. The molecular weight excluding hydrogens is 417 g/mol. The van der Waals surface area contributed by atoms with Gasteiger partial charge < -0.3 is 15.0 Å². The Bertz CT molecular complexity index is 1290. The van der Waals surface area contributed by atoms with Crippen LogP contribution in [0.1, 0.15) is 41.3 Å². The molecule has 0 saturated heterocycles. The summed E-state index contributed by atoms with van der Waals surface area (Å²) in [5.41, 5.74) is 9.37. The maximum Gasteiger partial charge on any atom is 0.573 e. The van der Waals surface area contributed by atoms with Gasteiger partial charge in [-0.15, -0.1) is 13.2 Å². The first-order chi connectivity index (χ1) is 15.3. The lowest BCUT2D eigenvalue weighted by Gasteiger charge is -2.12. The molecule has 0 unspecified atom stereocenters. The van der Waals surface area contributed by atoms with Gasteiger partial charge in [0.2, 0.25) is 5.91 Å². The molecule has 7 heteroatoms. The van der Waals surface area contributed by atoms with Crippen LogP contribution in [0.2, 0.25) is 0 Å². The van der Waals surface area contributed by atoms with Crippen LogP contribution in [0, 0.1) is 6.07 Å². The van der Waals surface area contributed by atoms with Crippen molar-refractivity contribution in [3.8, 4) is 5.75 Å². The number of aromatic nitrogens is 1. The molecule has 1 amide bonds. The highest BCUT2D eigenvalue weighted by atomic mass is 19.4. The Morgan fingerprint density at radius 2 is 1.88 bits per heavy atom. The van der Waals surface area contributed by atoms with Gasteiger partial charge in [0.15, 0.2) is 0 Å². The molecule has 3 aromatic carbocycles. The molecule has 2 N–H and O–H groups in total. The number of halogens is 3.